The van der Waals surface area contributed by atoms with E-state index < -0.39 is 45.5 Å². The van der Waals surface area contributed by atoms with E-state index in [0.29, 0.717) is 0 Å². The first-order valence-electron chi connectivity index (χ1n) is 3.91. The van der Waals surface area contributed by atoms with Gasteiger partial charge in [0.25, 0.3) is 21.9 Å². The minimum atomic E-state index is -4.84. The first-order chi connectivity index (χ1) is 7.64. The van der Waals surface area contributed by atoms with Crippen molar-refractivity contribution in [3.05, 3.63) is 0 Å². The number of hydrogen-bond acceptors (Lipinski definition) is 8. The zero-order valence-corrected chi connectivity index (χ0v) is 11.7. The van der Waals surface area contributed by atoms with Gasteiger partial charge in [0.05, 0.1) is 6.42 Å². The molecule has 1 atom stereocenters. The Morgan fingerprint density at radius 2 is 1.89 bits per heavy atom. The van der Waals surface area contributed by atoms with Gasteiger partial charge < -0.3 is 14.7 Å². The summed E-state index contributed by atoms with van der Waals surface area (Å²) in [5, 5.41) is 7.53. The van der Waals surface area contributed by atoms with Crippen molar-refractivity contribution >= 4 is 33.9 Å². The van der Waals surface area contributed by atoms with Crippen molar-refractivity contribution < 1.29 is 71.7 Å². The van der Waals surface area contributed by atoms with Crippen LogP contribution in [0.5, 0.6) is 0 Å². The van der Waals surface area contributed by atoms with E-state index in [4.69, 9.17) is 4.55 Å². The van der Waals surface area contributed by atoms with E-state index in [1.165, 1.54) is 0 Å². The van der Waals surface area contributed by atoms with Crippen LogP contribution in [0.1, 0.15) is 6.42 Å². The Balaban J connectivity index is 0.00000289. The Morgan fingerprint density at radius 3 is 2.22 bits per heavy atom. The molecular formula is C6H4NNaO9S. The standard InChI is InChI=1S/C6H5NO9S.Na/c8-3-1-2(17(13,14)15)4(9)7(3)16-6(12)5(10)11;/h2H,1H2,(H,10,11)(H,13,14,15);/q;+1/p-1. The van der Waals surface area contributed by atoms with Gasteiger partial charge in [-0.05, 0) is 0 Å². The molecule has 1 fully saturated rings. The summed E-state index contributed by atoms with van der Waals surface area (Å²) in [6.45, 7) is 0. The van der Waals surface area contributed by atoms with Crippen molar-refractivity contribution in [3.8, 4) is 0 Å². The molecule has 0 spiro atoms. The number of amides is 2. The number of rotatable bonds is 2. The SMILES string of the molecule is O=C([O-])C(=O)ON1C(=O)CC(S(=O)(=O)O)C1=O.[Na+]. The molecule has 12 heteroatoms. The van der Waals surface area contributed by atoms with Crippen molar-refractivity contribution in [2.24, 2.45) is 0 Å². The second-order valence-corrected chi connectivity index (χ2v) is 4.50. The minimum Gasteiger partial charge on any atom is -0.539 e. The third-order valence-corrected chi connectivity index (χ3v) is 2.85. The molecule has 1 saturated heterocycles. The molecule has 1 N–H and O–H groups in total. The maximum atomic E-state index is 11.2. The summed E-state index contributed by atoms with van der Waals surface area (Å²) in [5.41, 5.74) is 0. The average Bonchev–Trinajstić information content (AvgIpc) is 2.44. The number of hydrogen-bond donors (Lipinski definition) is 1. The zero-order valence-electron chi connectivity index (χ0n) is 8.85. The Labute approximate surface area is 122 Å². The van der Waals surface area contributed by atoms with Crippen LogP contribution in [-0.4, -0.2) is 47.0 Å². The van der Waals surface area contributed by atoms with Crippen LogP contribution in [0.4, 0.5) is 0 Å². The number of carboxylic acids is 1. The summed E-state index contributed by atoms with van der Waals surface area (Å²) < 4.78 is 29.9. The van der Waals surface area contributed by atoms with E-state index in [0.717, 1.165) is 0 Å². The number of carbonyl (C=O) groups excluding carboxylic acids is 4. The number of carbonyl (C=O) groups is 4. The monoisotopic (exact) mass is 289 g/mol. The van der Waals surface area contributed by atoms with Gasteiger partial charge in [-0.15, -0.1) is 5.06 Å². The summed E-state index contributed by atoms with van der Waals surface area (Å²) >= 11 is 0. The topological polar surface area (TPSA) is 158 Å². The molecule has 0 aliphatic carbocycles. The Bertz CT molecular complexity index is 511. The van der Waals surface area contributed by atoms with Crippen LogP contribution in [0.2, 0.25) is 0 Å². The fourth-order valence-electron chi connectivity index (χ4n) is 1.03. The normalized spacial score (nSPS) is 19.4. The van der Waals surface area contributed by atoms with Gasteiger partial charge in [-0.25, -0.2) is 4.79 Å². The predicted octanol–water partition coefficient (Wildman–Crippen LogP) is -6.79. The van der Waals surface area contributed by atoms with Crippen molar-refractivity contribution in [3.63, 3.8) is 0 Å². The molecule has 0 aromatic heterocycles. The van der Waals surface area contributed by atoms with E-state index in [1.54, 1.807) is 0 Å². The second-order valence-electron chi connectivity index (χ2n) is 2.90. The Hall–Kier alpha value is -1.01. The number of hydroxylamine groups is 2. The Morgan fingerprint density at radius 1 is 1.39 bits per heavy atom. The fourth-order valence-corrected chi connectivity index (χ4v) is 1.74. The molecule has 0 saturated carbocycles. The molecule has 1 rings (SSSR count). The van der Waals surface area contributed by atoms with Gasteiger partial charge in [-0.1, -0.05) is 0 Å². The molecule has 2 amide bonds. The molecule has 94 valence electrons. The average molecular weight is 289 g/mol. The summed E-state index contributed by atoms with van der Waals surface area (Å²) in [6, 6.07) is 0. The van der Waals surface area contributed by atoms with Crippen LogP contribution < -0.4 is 34.7 Å². The molecule has 1 aliphatic rings. The maximum Gasteiger partial charge on any atom is 1.00 e. The van der Waals surface area contributed by atoms with E-state index in [1.807, 2.05) is 0 Å². The number of imide groups is 1. The largest absolute Gasteiger partial charge is 1.00 e. The molecule has 0 aromatic rings. The van der Waals surface area contributed by atoms with Crippen LogP contribution >= 0.6 is 0 Å². The molecule has 18 heavy (non-hydrogen) atoms. The zero-order chi connectivity index (χ0) is 13.4. The molecule has 10 nitrogen and oxygen atoms in total. The van der Waals surface area contributed by atoms with Crippen molar-refractivity contribution in [1.82, 2.24) is 5.06 Å². The number of nitrogens with zero attached hydrogens (tertiary/aromatic N) is 1. The fraction of sp³-hybridized carbons (Fsp3) is 0.333. The van der Waals surface area contributed by atoms with Gasteiger partial charge in [-0.3, -0.25) is 14.1 Å². The second kappa shape index (κ2) is 5.75. The van der Waals surface area contributed by atoms with Crippen LogP contribution in [-0.2, 0) is 34.1 Å². The maximum absolute atomic E-state index is 11.2. The Kier molecular flexibility index (Phi) is 5.43. The van der Waals surface area contributed by atoms with Crippen LogP contribution in [0, 0.1) is 0 Å². The summed E-state index contributed by atoms with van der Waals surface area (Å²) in [5.74, 6) is -7.18. The summed E-state index contributed by atoms with van der Waals surface area (Å²) in [4.78, 5) is 46.5. The first kappa shape index (κ1) is 17.0. The molecule has 1 aliphatic heterocycles. The van der Waals surface area contributed by atoms with Crippen LogP contribution in [0.25, 0.3) is 0 Å². The molecule has 0 aromatic carbocycles. The van der Waals surface area contributed by atoms with Gasteiger partial charge in [-0.2, -0.15) is 8.42 Å². The molecular weight excluding hydrogens is 285 g/mol. The van der Waals surface area contributed by atoms with Gasteiger partial charge in [0, 0.05) is 0 Å². The van der Waals surface area contributed by atoms with Crippen molar-refractivity contribution in [2.75, 3.05) is 0 Å². The summed E-state index contributed by atoms with van der Waals surface area (Å²) in [7, 11) is -4.84. The minimum absolute atomic E-state index is 0. The predicted molar refractivity (Wildman–Crippen MR) is 42.9 cm³/mol. The number of aliphatic carboxylic acids is 1. The number of carboxylic acid groups (broad SMARTS) is 1. The quantitative estimate of drug-likeness (QED) is 0.225. The van der Waals surface area contributed by atoms with Crippen molar-refractivity contribution in [2.45, 2.75) is 11.7 Å². The van der Waals surface area contributed by atoms with E-state index in [-0.39, 0.29) is 34.6 Å². The molecule has 0 radical (unpaired) electrons. The van der Waals surface area contributed by atoms with E-state index >= 15 is 0 Å². The summed E-state index contributed by atoms with van der Waals surface area (Å²) in [6.07, 6.45) is -0.946. The van der Waals surface area contributed by atoms with Crippen LogP contribution in [0.3, 0.4) is 0 Å². The van der Waals surface area contributed by atoms with Gasteiger partial charge >= 0.3 is 35.5 Å². The molecule has 1 unspecified atom stereocenters. The molecule has 1 heterocycles. The molecule has 0 bridgehead atoms. The van der Waals surface area contributed by atoms with E-state index in [9.17, 15) is 32.7 Å². The van der Waals surface area contributed by atoms with Crippen LogP contribution in [0.15, 0.2) is 0 Å². The third kappa shape index (κ3) is 3.49. The van der Waals surface area contributed by atoms with Gasteiger partial charge in [0.2, 0.25) is 0 Å². The smallest absolute Gasteiger partial charge is 0.539 e. The van der Waals surface area contributed by atoms with Crippen molar-refractivity contribution in [1.29, 1.82) is 0 Å². The third-order valence-electron chi connectivity index (χ3n) is 1.76. The van der Waals surface area contributed by atoms with Gasteiger partial charge in [0.1, 0.15) is 0 Å². The van der Waals surface area contributed by atoms with Gasteiger partial charge in [0.15, 0.2) is 11.2 Å². The van der Waals surface area contributed by atoms with E-state index in [2.05, 4.69) is 4.84 Å². The first-order valence-corrected chi connectivity index (χ1v) is 5.41.